The van der Waals surface area contributed by atoms with Gasteiger partial charge in [0.1, 0.15) is 5.69 Å². The van der Waals surface area contributed by atoms with Crippen LogP contribution in [0.25, 0.3) is 10.2 Å². The van der Waals surface area contributed by atoms with Crippen LogP contribution in [0.2, 0.25) is 0 Å². The van der Waals surface area contributed by atoms with Gasteiger partial charge in [0.2, 0.25) is 0 Å². The molecule has 0 aliphatic rings. The molecule has 0 spiro atoms. The molecule has 8 heteroatoms. The lowest BCUT2D eigenvalue weighted by Gasteiger charge is -2.05. The van der Waals surface area contributed by atoms with Crippen LogP contribution in [-0.4, -0.2) is 14.9 Å². The number of aromatic nitrogens is 2. The van der Waals surface area contributed by atoms with Gasteiger partial charge in [0.25, 0.3) is 5.69 Å². The van der Waals surface area contributed by atoms with E-state index in [2.05, 4.69) is 15.3 Å². The zero-order chi connectivity index (χ0) is 15.0. The lowest BCUT2D eigenvalue weighted by Crippen LogP contribution is -2.01. The van der Waals surface area contributed by atoms with E-state index < -0.39 is 0 Å². The largest absolute Gasteiger partial charge is 0.374 e. The molecule has 0 unspecified atom stereocenters. The molecular weight excluding hydrogens is 308 g/mol. The summed E-state index contributed by atoms with van der Waals surface area (Å²) in [4.78, 5) is 20.5. The molecule has 0 saturated heterocycles. The van der Waals surface area contributed by atoms with Crippen LogP contribution in [0.5, 0.6) is 0 Å². The SMILES string of the molecule is Cc1ncc(CNc2cc3nc(C)sc3cc2[N+](=O)[O-])s1. The van der Waals surface area contributed by atoms with Gasteiger partial charge in [-0.2, -0.15) is 0 Å². The highest BCUT2D eigenvalue weighted by atomic mass is 32.1. The molecule has 1 N–H and O–H groups in total. The molecule has 0 fully saturated rings. The smallest absolute Gasteiger partial charge is 0.293 e. The van der Waals surface area contributed by atoms with E-state index in [-0.39, 0.29) is 10.6 Å². The van der Waals surface area contributed by atoms with Gasteiger partial charge < -0.3 is 5.32 Å². The normalized spacial score (nSPS) is 11.0. The maximum absolute atomic E-state index is 11.2. The zero-order valence-corrected chi connectivity index (χ0v) is 13.0. The van der Waals surface area contributed by atoms with Crippen molar-refractivity contribution in [2.75, 3.05) is 5.32 Å². The molecule has 0 aliphatic carbocycles. The monoisotopic (exact) mass is 320 g/mol. The number of hydrogen-bond acceptors (Lipinski definition) is 7. The van der Waals surface area contributed by atoms with Crippen molar-refractivity contribution in [2.45, 2.75) is 20.4 Å². The summed E-state index contributed by atoms with van der Waals surface area (Å²) in [7, 11) is 0. The zero-order valence-electron chi connectivity index (χ0n) is 11.4. The minimum absolute atomic E-state index is 0.0763. The van der Waals surface area contributed by atoms with Crippen LogP contribution in [0.4, 0.5) is 11.4 Å². The van der Waals surface area contributed by atoms with Crippen LogP contribution in [0.3, 0.4) is 0 Å². The van der Waals surface area contributed by atoms with E-state index in [0.29, 0.717) is 12.2 Å². The predicted molar refractivity (Wildman–Crippen MR) is 85.2 cm³/mol. The number of anilines is 1. The average molecular weight is 320 g/mol. The molecule has 0 aliphatic heterocycles. The third kappa shape index (κ3) is 2.86. The summed E-state index contributed by atoms with van der Waals surface area (Å²) < 4.78 is 0.832. The van der Waals surface area contributed by atoms with Gasteiger partial charge in [0.15, 0.2) is 0 Å². The molecule has 0 atom stereocenters. The molecule has 3 rings (SSSR count). The fourth-order valence-electron chi connectivity index (χ4n) is 2.04. The Morgan fingerprint density at radius 2 is 2.10 bits per heavy atom. The summed E-state index contributed by atoms with van der Waals surface area (Å²) >= 11 is 3.03. The molecular formula is C13H12N4O2S2. The van der Waals surface area contributed by atoms with Crippen molar-refractivity contribution in [3.05, 3.63) is 43.3 Å². The van der Waals surface area contributed by atoms with Crippen molar-refractivity contribution >= 4 is 44.3 Å². The first-order chi connectivity index (χ1) is 10.0. The summed E-state index contributed by atoms with van der Waals surface area (Å²) in [5.74, 6) is 0. The minimum atomic E-state index is -0.366. The average Bonchev–Trinajstić information content (AvgIpc) is 2.99. The Balaban J connectivity index is 1.95. The van der Waals surface area contributed by atoms with Crippen LogP contribution >= 0.6 is 22.7 Å². The van der Waals surface area contributed by atoms with E-state index >= 15 is 0 Å². The summed E-state index contributed by atoms with van der Waals surface area (Å²) in [5.41, 5.74) is 1.35. The standard InChI is InChI=1S/C13H12N4O2S2/c1-7-14-5-9(20-7)6-15-10-3-11-13(21-8(2)16-11)4-12(10)17(18)19/h3-5,15H,6H2,1-2H3. The number of nitro groups is 1. The van der Waals surface area contributed by atoms with Gasteiger partial charge in [-0.15, -0.1) is 22.7 Å². The van der Waals surface area contributed by atoms with Gasteiger partial charge in [-0.1, -0.05) is 0 Å². The molecule has 2 aromatic heterocycles. The van der Waals surface area contributed by atoms with Crippen LogP contribution in [0.15, 0.2) is 18.3 Å². The van der Waals surface area contributed by atoms with Crippen molar-refractivity contribution in [1.29, 1.82) is 0 Å². The Hall–Kier alpha value is -2.06. The van der Waals surface area contributed by atoms with Gasteiger partial charge >= 0.3 is 0 Å². The molecule has 0 amide bonds. The second-order valence-corrected chi connectivity index (χ2v) is 7.08. The highest BCUT2D eigenvalue weighted by Gasteiger charge is 2.17. The number of nitrogens with zero attached hydrogens (tertiary/aromatic N) is 3. The van der Waals surface area contributed by atoms with Gasteiger partial charge in [-0.3, -0.25) is 10.1 Å². The third-order valence-corrected chi connectivity index (χ3v) is 4.78. The highest BCUT2D eigenvalue weighted by molar-refractivity contribution is 7.18. The number of benzene rings is 1. The summed E-state index contributed by atoms with van der Waals surface area (Å²) in [6.45, 7) is 4.34. The van der Waals surface area contributed by atoms with Gasteiger partial charge in [0.05, 0.1) is 31.7 Å². The van der Waals surface area contributed by atoms with E-state index in [1.807, 2.05) is 13.8 Å². The number of nitro benzene ring substituents is 1. The molecule has 0 saturated carbocycles. The number of thiazole rings is 2. The molecule has 108 valence electrons. The highest BCUT2D eigenvalue weighted by Crippen LogP contribution is 2.33. The second kappa shape index (κ2) is 5.38. The number of aryl methyl sites for hydroxylation is 2. The predicted octanol–water partition coefficient (Wildman–Crippen LogP) is 3.89. The van der Waals surface area contributed by atoms with Gasteiger partial charge in [0, 0.05) is 17.1 Å². The van der Waals surface area contributed by atoms with E-state index in [1.54, 1.807) is 29.7 Å². The lowest BCUT2D eigenvalue weighted by molar-refractivity contribution is -0.383. The lowest BCUT2D eigenvalue weighted by atomic mass is 10.2. The molecule has 0 bridgehead atoms. The first-order valence-electron chi connectivity index (χ1n) is 6.23. The van der Waals surface area contributed by atoms with Crippen molar-refractivity contribution in [3.63, 3.8) is 0 Å². The first kappa shape index (κ1) is 13.9. The Morgan fingerprint density at radius 1 is 1.29 bits per heavy atom. The molecule has 1 aromatic carbocycles. The topological polar surface area (TPSA) is 81.0 Å². The summed E-state index contributed by atoms with van der Waals surface area (Å²) in [5, 5.41) is 16.2. The van der Waals surface area contributed by atoms with Crippen molar-refractivity contribution in [3.8, 4) is 0 Å². The summed E-state index contributed by atoms with van der Waals surface area (Å²) in [6, 6.07) is 3.32. The maximum atomic E-state index is 11.2. The second-order valence-electron chi connectivity index (χ2n) is 4.53. The van der Waals surface area contributed by atoms with E-state index in [0.717, 1.165) is 25.1 Å². The summed E-state index contributed by atoms with van der Waals surface area (Å²) in [6.07, 6.45) is 1.78. The Morgan fingerprint density at radius 3 is 2.76 bits per heavy atom. The Labute approximate surface area is 128 Å². The molecule has 2 heterocycles. The van der Waals surface area contributed by atoms with Gasteiger partial charge in [-0.05, 0) is 19.9 Å². The van der Waals surface area contributed by atoms with Crippen LogP contribution < -0.4 is 5.32 Å². The van der Waals surface area contributed by atoms with E-state index in [1.165, 1.54) is 11.3 Å². The van der Waals surface area contributed by atoms with Gasteiger partial charge in [-0.25, -0.2) is 9.97 Å². The number of nitrogens with one attached hydrogen (secondary N) is 1. The molecule has 0 radical (unpaired) electrons. The van der Waals surface area contributed by atoms with Crippen LogP contribution in [-0.2, 0) is 6.54 Å². The van der Waals surface area contributed by atoms with E-state index in [4.69, 9.17) is 0 Å². The van der Waals surface area contributed by atoms with Crippen molar-refractivity contribution in [2.24, 2.45) is 0 Å². The van der Waals surface area contributed by atoms with Crippen molar-refractivity contribution < 1.29 is 4.92 Å². The molecule has 21 heavy (non-hydrogen) atoms. The molecule has 6 nitrogen and oxygen atoms in total. The Bertz CT molecular complexity index is 825. The quantitative estimate of drug-likeness (QED) is 0.582. The first-order valence-corrected chi connectivity index (χ1v) is 7.87. The van der Waals surface area contributed by atoms with Crippen LogP contribution in [0.1, 0.15) is 14.9 Å². The number of fused-ring (bicyclic) bond motifs is 1. The minimum Gasteiger partial charge on any atom is -0.374 e. The van der Waals surface area contributed by atoms with Crippen LogP contribution in [0, 0.1) is 24.0 Å². The fraction of sp³-hybridized carbons (Fsp3) is 0.231. The Kier molecular flexibility index (Phi) is 3.56. The fourth-order valence-corrected chi connectivity index (χ4v) is 3.62. The number of rotatable bonds is 4. The molecule has 3 aromatic rings. The van der Waals surface area contributed by atoms with Crippen molar-refractivity contribution in [1.82, 2.24) is 9.97 Å². The maximum Gasteiger partial charge on any atom is 0.293 e. The number of hydrogen-bond donors (Lipinski definition) is 1. The third-order valence-electron chi connectivity index (χ3n) is 2.93. The van der Waals surface area contributed by atoms with E-state index in [9.17, 15) is 10.1 Å².